The number of carbonyl (C=O) groups is 1. The molecule has 41 heavy (non-hydrogen) atoms. The molecule has 4 atom stereocenters. The summed E-state index contributed by atoms with van der Waals surface area (Å²) in [6, 6.07) is 5.08. The molecular weight excluding hydrogens is 548 g/mol. The number of aliphatic hydroxyl groups excluding tert-OH is 1. The first kappa shape index (κ1) is 32.8. The van der Waals surface area contributed by atoms with Crippen molar-refractivity contribution in [2.45, 2.75) is 77.0 Å². The Hall–Kier alpha value is -2.67. The maximum absolute atomic E-state index is 14.1. The fraction of sp³-hybridized carbons (Fsp3) is 0.655. The van der Waals surface area contributed by atoms with E-state index < -0.39 is 22.2 Å². The highest BCUT2D eigenvalue weighted by Gasteiger charge is 2.34. The molecule has 0 unspecified atom stereocenters. The highest BCUT2D eigenvalue weighted by molar-refractivity contribution is 7.89. The van der Waals surface area contributed by atoms with Gasteiger partial charge < -0.3 is 28.9 Å². The molecule has 0 radical (unpaired) electrons. The molecule has 12 heteroatoms. The van der Waals surface area contributed by atoms with Crippen LogP contribution in [0.2, 0.25) is 0 Å². The largest absolute Gasteiger partial charge is 0.490 e. The summed E-state index contributed by atoms with van der Waals surface area (Å²) in [6.45, 7) is 9.40. The lowest BCUT2D eigenvalue weighted by Crippen LogP contribution is -2.48. The molecule has 0 spiro atoms. The van der Waals surface area contributed by atoms with E-state index in [1.807, 2.05) is 51.0 Å². The van der Waals surface area contributed by atoms with E-state index in [0.29, 0.717) is 23.6 Å². The SMILES string of the molecule is Cc1noc(C)c1S(=O)(=O)N(C)C[C@H]1OCCCC[C@H](C)Oc2ccc(N(C)C)cc2C(=O)N([C@H](C)CO)C[C@@H]1C. The Bertz CT molecular complexity index is 1260. The van der Waals surface area contributed by atoms with E-state index in [2.05, 4.69) is 5.16 Å². The van der Waals surface area contributed by atoms with E-state index in [0.717, 1.165) is 24.9 Å². The molecule has 0 aliphatic carbocycles. The molecule has 1 aromatic heterocycles. The summed E-state index contributed by atoms with van der Waals surface area (Å²) in [5.41, 5.74) is 1.57. The Balaban J connectivity index is 1.98. The third-order valence-electron chi connectivity index (χ3n) is 7.62. The quantitative estimate of drug-likeness (QED) is 0.513. The summed E-state index contributed by atoms with van der Waals surface area (Å²) >= 11 is 0. The fourth-order valence-electron chi connectivity index (χ4n) is 5.00. The molecule has 0 saturated carbocycles. The second-order valence-corrected chi connectivity index (χ2v) is 13.3. The number of amides is 1. The van der Waals surface area contributed by atoms with Crippen LogP contribution in [0.1, 0.15) is 61.8 Å². The average Bonchev–Trinajstić information content (AvgIpc) is 3.27. The molecule has 1 aliphatic rings. The normalized spacial score (nSPS) is 22.1. The van der Waals surface area contributed by atoms with Crippen LogP contribution in [-0.4, -0.2) is 99.5 Å². The molecule has 230 valence electrons. The van der Waals surface area contributed by atoms with Gasteiger partial charge >= 0.3 is 0 Å². The van der Waals surface area contributed by atoms with Crippen LogP contribution in [0.4, 0.5) is 5.69 Å². The number of nitrogens with zero attached hydrogens (tertiary/aromatic N) is 4. The highest BCUT2D eigenvalue weighted by Crippen LogP contribution is 2.30. The van der Waals surface area contributed by atoms with Crippen molar-refractivity contribution in [2.24, 2.45) is 5.92 Å². The maximum atomic E-state index is 14.1. The summed E-state index contributed by atoms with van der Waals surface area (Å²) < 4.78 is 45.8. The van der Waals surface area contributed by atoms with Gasteiger partial charge in [-0.2, -0.15) is 4.31 Å². The van der Waals surface area contributed by atoms with Crippen molar-refractivity contribution in [3.8, 4) is 5.75 Å². The molecule has 3 rings (SSSR count). The predicted octanol–water partition coefficient (Wildman–Crippen LogP) is 3.47. The van der Waals surface area contributed by atoms with Gasteiger partial charge in [-0.05, 0) is 65.2 Å². The van der Waals surface area contributed by atoms with Gasteiger partial charge in [0.1, 0.15) is 16.3 Å². The second-order valence-electron chi connectivity index (χ2n) is 11.3. The number of hydrogen-bond donors (Lipinski definition) is 1. The number of rotatable bonds is 7. The van der Waals surface area contributed by atoms with Crippen LogP contribution in [0.5, 0.6) is 5.75 Å². The summed E-state index contributed by atoms with van der Waals surface area (Å²) in [5.74, 6) is 0.205. The Morgan fingerprint density at radius 1 is 1.17 bits per heavy atom. The fourth-order valence-corrected chi connectivity index (χ4v) is 6.47. The summed E-state index contributed by atoms with van der Waals surface area (Å²) in [6.07, 6.45) is 1.76. The van der Waals surface area contributed by atoms with Gasteiger partial charge in [0.2, 0.25) is 10.0 Å². The van der Waals surface area contributed by atoms with Crippen molar-refractivity contribution in [1.82, 2.24) is 14.4 Å². The third-order valence-corrected chi connectivity index (χ3v) is 9.69. The van der Waals surface area contributed by atoms with E-state index in [1.165, 1.54) is 11.4 Å². The van der Waals surface area contributed by atoms with E-state index in [9.17, 15) is 18.3 Å². The molecule has 11 nitrogen and oxygen atoms in total. The standard InChI is InChI=1S/C29H46N4O7S/c1-19-16-33(20(2)18-34)29(35)25-15-24(31(6)7)12-13-26(25)39-21(3)11-9-10-14-38-27(19)17-32(8)41(36,37)28-22(4)30-40-23(28)5/h12-13,15,19-21,27,34H,9-11,14,16-18H2,1-8H3/t19-,20+,21-,27+/m0/s1. The van der Waals surface area contributed by atoms with Gasteiger partial charge in [-0.3, -0.25) is 4.79 Å². The minimum absolute atomic E-state index is 0.0570. The zero-order valence-electron chi connectivity index (χ0n) is 25.6. The topological polar surface area (TPSA) is 126 Å². The molecule has 2 aromatic rings. The Morgan fingerprint density at radius 2 is 1.88 bits per heavy atom. The van der Waals surface area contributed by atoms with Gasteiger partial charge in [0.25, 0.3) is 5.91 Å². The van der Waals surface area contributed by atoms with Gasteiger partial charge in [0.05, 0.1) is 30.4 Å². The van der Waals surface area contributed by atoms with Crippen molar-refractivity contribution in [3.63, 3.8) is 0 Å². The van der Waals surface area contributed by atoms with Gasteiger partial charge in [0.15, 0.2) is 5.76 Å². The number of carbonyl (C=O) groups excluding carboxylic acids is 1. The smallest absolute Gasteiger partial charge is 0.258 e. The van der Waals surface area contributed by atoms with E-state index in [4.69, 9.17) is 14.0 Å². The number of sulfonamides is 1. The summed E-state index contributed by atoms with van der Waals surface area (Å²) in [4.78, 5) is 17.7. The van der Waals surface area contributed by atoms with Crippen molar-refractivity contribution in [2.75, 3.05) is 52.3 Å². The number of likely N-dealkylation sites (N-methyl/N-ethyl adjacent to an activating group) is 1. The first-order valence-electron chi connectivity index (χ1n) is 14.2. The third kappa shape index (κ3) is 7.79. The van der Waals surface area contributed by atoms with Crippen LogP contribution in [-0.2, 0) is 14.8 Å². The monoisotopic (exact) mass is 594 g/mol. The average molecular weight is 595 g/mol. The first-order chi connectivity index (χ1) is 19.3. The Labute approximate surface area is 244 Å². The summed E-state index contributed by atoms with van der Waals surface area (Å²) in [5, 5.41) is 13.9. The van der Waals surface area contributed by atoms with Crippen LogP contribution in [0.3, 0.4) is 0 Å². The Morgan fingerprint density at radius 3 is 2.49 bits per heavy atom. The van der Waals surface area contributed by atoms with Gasteiger partial charge in [0, 0.05) is 52.4 Å². The molecule has 2 heterocycles. The van der Waals surface area contributed by atoms with Gasteiger partial charge in [-0.1, -0.05) is 12.1 Å². The maximum Gasteiger partial charge on any atom is 0.258 e. The zero-order valence-corrected chi connectivity index (χ0v) is 26.4. The molecule has 1 aliphatic heterocycles. The van der Waals surface area contributed by atoms with Crippen LogP contribution < -0.4 is 9.64 Å². The predicted molar refractivity (Wildman–Crippen MR) is 157 cm³/mol. The van der Waals surface area contributed by atoms with Gasteiger partial charge in [-0.15, -0.1) is 0 Å². The van der Waals surface area contributed by atoms with E-state index in [1.54, 1.807) is 25.7 Å². The Kier molecular flexibility index (Phi) is 11.2. The van der Waals surface area contributed by atoms with Crippen molar-refractivity contribution < 1.29 is 32.3 Å². The number of benzene rings is 1. The number of anilines is 1. The molecule has 1 aromatic carbocycles. The van der Waals surface area contributed by atoms with Crippen molar-refractivity contribution >= 4 is 21.6 Å². The van der Waals surface area contributed by atoms with Gasteiger partial charge in [-0.25, -0.2) is 8.42 Å². The number of aryl methyl sites for hydroxylation is 2. The lowest BCUT2D eigenvalue weighted by Gasteiger charge is -2.35. The minimum Gasteiger partial charge on any atom is -0.490 e. The molecular formula is C29H46N4O7S. The molecule has 1 amide bonds. The minimum atomic E-state index is -3.89. The van der Waals surface area contributed by atoms with Crippen LogP contribution >= 0.6 is 0 Å². The molecule has 1 N–H and O–H groups in total. The van der Waals surface area contributed by atoms with Crippen LogP contribution in [0, 0.1) is 19.8 Å². The van der Waals surface area contributed by atoms with E-state index >= 15 is 0 Å². The number of hydrogen-bond acceptors (Lipinski definition) is 9. The van der Waals surface area contributed by atoms with E-state index in [-0.39, 0.29) is 48.3 Å². The van der Waals surface area contributed by atoms with Crippen molar-refractivity contribution in [3.05, 3.63) is 35.2 Å². The van der Waals surface area contributed by atoms with Crippen LogP contribution in [0.25, 0.3) is 0 Å². The lowest BCUT2D eigenvalue weighted by molar-refractivity contribution is -0.00835. The molecule has 0 bridgehead atoms. The highest BCUT2D eigenvalue weighted by atomic mass is 32.2. The number of ether oxygens (including phenoxy) is 2. The second kappa shape index (κ2) is 14.0. The number of aromatic nitrogens is 1. The van der Waals surface area contributed by atoms with Crippen molar-refractivity contribution in [1.29, 1.82) is 0 Å². The first-order valence-corrected chi connectivity index (χ1v) is 15.6. The van der Waals surface area contributed by atoms with Crippen LogP contribution in [0.15, 0.2) is 27.6 Å². The summed E-state index contributed by atoms with van der Waals surface area (Å²) in [7, 11) is 1.44. The zero-order chi connectivity index (χ0) is 30.5. The lowest BCUT2D eigenvalue weighted by atomic mass is 10.0. The molecule has 0 fully saturated rings. The molecule has 0 saturated heterocycles. The number of aliphatic hydroxyl groups is 1. The number of fused-ring (bicyclic) bond motifs is 1.